The van der Waals surface area contributed by atoms with E-state index in [1.807, 2.05) is 18.2 Å². The summed E-state index contributed by atoms with van der Waals surface area (Å²) in [6.07, 6.45) is 7.34. The minimum absolute atomic E-state index is 0.296. The van der Waals surface area contributed by atoms with Crippen LogP contribution in [-0.2, 0) is 13.0 Å². The average molecular weight is 326 g/mol. The first-order valence-corrected chi connectivity index (χ1v) is 9.15. The summed E-state index contributed by atoms with van der Waals surface area (Å²) in [5.74, 6) is 1.54. The Morgan fingerprint density at radius 2 is 1.96 bits per heavy atom. The van der Waals surface area contributed by atoms with Crippen molar-refractivity contribution in [3.63, 3.8) is 0 Å². The lowest BCUT2D eigenvalue weighted by Crippen LogP contribution is -2.61. The second kappa shape index (κ2) is 7.03. The van der Waals surface area contributed by atoms with E-state index in [0.29, 0.717) is 5.54 Å². The number of rotatable bonds is 4. The number of nitrogens with one attached hydrogen (secondary N) is 1. The van der Waals surface area contributed by atoms with Gasteiger partial charge in [0.1, 0.15) is 0 Å². The maximum Gasteiger partial charge on any atom is 0.240 e. The summed E-state index contributed by atoms with van der Waals surface area (Å²) in [4.78, 5) is 7.22. The monoisotopic (exact) mass is 326 g/mol. The number of nitrogens with zero attached hydrogens (tertiary/aromatic N) is 3. The molecular formula is C19H26N4O. The minimum Gasteiger partial charge on any atom is -0.338 e. The standard InChI is InChI=1S/C19H26N4O/c1-3-7-16(8-4-1)13-17-21-18(24-22-17)14-23-12-11-20-15-19(23)9-5-2-6-10-19/h1,3-4,7-8,20H,2,5-6,9-15H2. The van der Waals surface area contributed by atoms with E-state index in [2.05, 4.69) is 32.5 Å². The van der Waals surface area contributed by atoms with Gasteiger partial charge in [0.05, 0.1) is 6.54 Å². The number of aromatic nitrogens is 2. The quantitative estimate of drug-likeness (QED) is 0.936. The van der Waals surface area contributed by atoms with Crippen molar-refractivity contribution in [2.75, 3.05) is 19.6 Å². The first kappa shape index (κ1) is 15.8. The summed E-state index contributed by atoms with van der Waals surface area (Å²) in [5, 5.41) is 7.77. The molecule has 4 rings (SSSR count). The molecular weight excluding hydrogens is 300 g/mol. The Morgan fingerprint density at radius 3 is 2.79 bits per heavy atom. The minimum atomic E-state index is 0.296. The van der Waals surface area contributed by atoms with Crippen molar-refractivity contribution in [2.45, 2.75) is 50.6 Å². The molecule has 24 heavy (non-hydrogen) atoms. The number of hydrogen-bond donors (Lipinski definition) is 1. The van der Waals surface area contributed by atoms with Crippen LogP contribution in [0.15, 0.2) is 34.9 Å². The van der Waals surface area contributed by atoms with Crippen molar-refractivity contribution in [1.29, 1.82) is 0 Å². The summed E-state index contributed by atoms with van der Waals surface area (Å²) >= 11 is 0. The first-order chi connectivity index (χ1) is 11.8. The maximum atomic E-state index is 5.55. The van der Waals surface area contributed by atoms with E-state index < -0.39 is 0 Å². The van der Waals surface area contributed by atoms with Gasteiger partial charge in [-0.2, -0.15) is 4.98 Å². The molecule has 1 aromatic carbocycles. The number of benzene rings is 1. The van der Waals surface area contributed by atoms with E-state index >= 15 is 0 Å². The van der Waals surface area contributed by atoms with Gasteiger partial charge < -0.3 is 9.84 Å². The van der Waals surface area contributed by atoms with Crippen LogP contribution >= 0.6 is 0 Å². The molecule has 1 aromatic heterocycles. The van der Waals surface area contributed by atoms with Crippen molar-refractivity contribution in [1.82, 2.24) is 20.4 Å². The highest BCUT2D eigenvalue weighted by Crippen LogP contribution is 2.35. The van der Waals surface area contributed by atoms with Gasteiger partial charge in [-0.15, -0.1) is 0 Å². The summed E-state index contributed by atoms with van der Waals surface area (Å²) in [7, 11) is 0. The van der Waals surface area contributed by atoms with Gasteiger partial charge in [-0.1, -0.05) is 54.8 Å². The fraction of sp³-hybridized carbons (Fsp3) is 0.579. The van der Waals surface area contributed by atoms with Crippen molar-refractivity contribution in [3.05, 3.63) is 47.6 Å². The average Bonchev–Trinajstić information content (AvgIpc) is 3.06. The smallest absolute Gasteiger partial charge is 0.240 e. The molecule has 1 saturated heterocycles. The summed E-state index contributed by atoms with van der Waals surface area (Å²) in [6.45, 7) is 3.99. The molecule has 0 atom stereocenters. The molecule has 1 spiro atoms. The Labute approximate surface area is 143 Å². The molecule has 0 bridgehead atoms. The fourth-order valence-electron chi connectivity index (χ4n) is 4.20. The molecule has 2 aliphatic rings. The lowest BCUT2D eigenvalue weighted by Gasteiger charge is -2.49. The molecule has 5 nitrogen and oxygen atoms in total. The third kappa shape index (κ3) is 3.37. The predicted molar refractivity (Wildman–Crippen MR) is 92.6 cm³/mol. The largest absolute Gasteiger partial charge is 0.338 e. The molecule has 2 aromatic rings. The molecule has 0 unspecified atom stereocenters. The van der Waals surface area contributed by atoms with Gasteiger partial charge in [-0.05, 0) is 18.4 Å². The zero-order valence-corrected chi connectivity index (χ0v) is 14.2. The molecule has 1 N–H and O–H groups in total. The maximum absolute atomic E-state index is 5.55. The van der Waals surface area contributed by atoms with E-state index in [0.717, 1.165) is 44.3 Å². The van der Waals surface area contributed by atoms with Gasteiger partial charge in [-0.3, -0.25) is 4.90 Å². The Kier molecular flexibility index (Phi) is 4.63. The van der Waals surface area contributed by atoms with Crippen LogP contribution < -0.4 is 5.32 Å². The predicted octanol–water partition coefficient (Wildman–Crippen LogP) is 2.77. The Hall–Kier alpha value is -1.72. The third-order valence-corrected chi connectivity index (χ3v) is 5.51. The molecule has 5 heteroatoms. The number of piperazine rings is 1. The van der Waals surface area contributed by atoms with E-state index in [1.165, 1.54) is 37.7 Å². The molecule has 1 aliphatic carbocycles. The molecule has 0 amide bonds. The van der Waals surface area contributed by atoms with Gasteiger partial charge in [0.25, 0.3) is 0 Å². The van der Waals surface area contributed by atoms with Crippen LogP contribution in [0.2, 0.25) is 0 Å². The second-order valence-electron chi connectivity index (χ2n) is 7.15. The summed E-state index contributed by atoms with van der Waals surface area (Å²) < 4.78 is 5.55. The highest BCUT2D eigenvalue weighted by Gasteiger charge is 2.40. The highest BCUT2D eigenvalue weighted by atomic mass is 16.5. The van der Waals surface area contributed by atoms with Crippen LogP contribution in [0, 0.1) is 0 Å². The molecule has 0 radical (unpaired) electrons. The van der Waals surface area contributed by atoms with Crippen molar-refractivity contribution < 1.29 is 4.52 Å². The molecule has 1 aliphatic heterocycles. The van der Waals surface area contributed by atoms with Gasteiger partial charge in [0.2, 0.25) is 5.89 Å². The van der Waals surface area contributed by atoms with Gasteiger partial charge in [-0.25, -0.2) is 0 Å². The Balaban J connectivity index is 1.44. The van der Waals surface area contributed by atoms with E-state index in [1.54, 1.807) is 0 Å². The van der Waals surface area contributed by atoms with Gasteiger partial charge in [0.15, 0.2) is 5.82 Å². The van der Waals surface area contributed by atoms with Crippen molar-refractivity contribution in [2.24, 2.45) is 0 Å². The summed E-state index contributed by atoms with van der Waals surface area (Å²) in [6, 6.07) is 10.3. The molecule has 2 fully saturated rings. The Morgan fingerprint density at radius 1 is 1.12 bits per heavy atom. The van der Waals surface area contributed by atoms with E-state index in [-0.39, 0.29) is 0 Å². The molecule has 128 valence electrons. The van der Waals surface area contributed by atoms with Crippen LogP contribution in [0.25, 0.3) is 0 Å². The normalized spacial score (nSPS) is 21.2. The zero-order chi connectivity index (χ0) is 16.2. The van der Waals surface area contributed by atoms with Crippen LogP contribution in [-0.4, -0.2) is 40.2 Å². The highest BCUT2D eigenvalue weighted by molar-refractivity contribution is 5.18. The van der Waals surface area contributed by atoms with Crippen LogP contribution in [0.4, 0.5) is 0 Å². The molecule has 1 saturated carbocycles. The van der Waals surface area contributed by atoms with Crippen molar-refractivity contribution in [3.8, 4) is 0 Å². The van der Waals surface area contributed by atoms with E-state index in [9.17, 15) is 0 Å². The molecule has 2 heterocycles. The zero-order valence-electron chi connectivity index (χ0n) is 14.2. The Bertz CT molecular complexity index is 640. The fourth-order valence-corrected chi connectivity index (χ4v) is 4.20. The lowest BCUT2D eigenvalue weighted by molar-refractivity contribution is 0.0135. The number of hydrogen-bond acceptors (Lipinski definition) is 5. The second-order valence-corrected chi connectivity index (χ2v) is 7.15. The third-order valence-electron chi connectivity index (χ3n) is 5.51. The van der Waals surface area contributed by atoms with Crippen LogP contribution in [0.5, 0.6) is 0 Å². The van der Waals surface area contributed by atoms with Gasteiger partial charge >= 0.3 is 0 Å². The SMILES string of the molecule is c1ccc(Cc2noc(CN3CCNCC34CCCCC4)n2)cc1. The topological polar surface area (TPSA) is 54.2 Å². The van der Waals surface area contributed by atoms with Crippen LogP contribution in [0.1, 0.15) is 49.4 Å². The summed E-state index contributed by atoms with van der Waals surface area (Å²) in [5.41, 5.74) is 1.51. The van der Waals surface area contributed by atoms with E-state index in [4.69, 9.17) is 4.52 Å². The van der Waals surface area contributed by atoms with Gasteiger partial charge in [0, 0.05) is 31.6 Å². The van der Waals surface area contributed by atoms with Crippen molar-refractivity contribution >= 4 is 0 Å². The lowest BCUT2D eigenvalue weighted by atomic mass is 9.79. The van der Waals surface area contributed by atoms with Crippen LogP contribution in [0.3, 0.4) is 0 Å². The first-order valence-electron chi connectivity index (χ1n) is 9.15.